The molecule has 2 fully saturated rings. The predicted molar refractivity (Wildman–Crippen MR) is 47.5 cm³/mol. The van der Waals surface area contributed by atoms with Crippen molar-refractivity contribution in [3.8, 4) is 0 Å². The van der Waals surface area contributed by atoms with Crippen LogP contribution in [-0.2, 0) is 0 Å². The number of rotatable bonds is 3. The summed E-state index contributed by atoms with van der Waals surface area (Å²) in [5.74, 6) is -0.498. The molecule has 2 rings (SSSR count). The van der Waals surface area contributed by atoms with Gasteiger partial charge in [0.25, 0.3) is 5.92 Å². The number of alkyl halides is 2. The van der Waals surface area contributed by atoms with Crippen LogP contribution in [0.15, 0.2) is 0 Å². The lowest BCUT2D eigenvalue weighted by Crippen LogP contribution is -2.39. The summed E-state index contributed by atoms with van der Waals surface area (Å²) in [7, 11) is 0. The highest BCUT2D eigenvalue weighted by atomic mass is 19.3. The Morgan fingerprint density at radius 2 is 1.85 bits per heavy atom. The van der Waals surface area contributed by atoms with E-state index in [0.717, 1.165) is 31.6 Å². The van der Waals surface area contributed by atoms with Gasteiger partial charge < -0.3 is 5.73 Å². The van der Waals surface area contributed by atoms with Crippen LogP contribution < -0.4 is 5.73 Å². The molecule has 3 unspecified atom stereocenters. The van der Waals surface area contributed by atoms with Gasteiger partial charge in [-0.1, -0.05) is 0 Å². The second kappa shape index (κ2) is 2.91. The molecule has 3 atom stereocenters. The first-order valence-corrected chi connectivity index (χ1v) is 5.10. The van der Waals surface area contributed by atoms with Crippen LogP contribution in [-0.4, -0.2) is 12.0 Å². The van der Waals surface area contributed by atoms with Gasteiger partial charge in [0.2, 0.25) is 0 Å². The maximum absolute atomic E-state index is 12.8. The van der Waals surface area contributed by atoms with Crippen LogP contribution in [0.5, 0.6) is 0 Å². The summed E-state index contributed by atoms with van der Waals surface area (Å²) in [5, 5.41) is 0. The molecular weight excluding hydrogens is 172 g/mol. The van der Waals surface area contributed by atoms with Gasteiger partial charge in [0, 0.05) is 6.92 Å². The van der Waals surface area contributed by atoms with Crippen molar-refractivity contribution < 1.29 is 8.78 Å². The molecule has 0 saturated heterocycles. The Kier molecular flexibility index (Phi) is 2.10. The third-order valence-electron chi connectivity index (χ3n) is 3.58. The van der Waals surface area contributed by atoms with Crippen molar-refractivity contribution >= 4 is 0 Å². The fourth-order valence-electron chi connectivity index (χ4n) is 2.60. The zero-order valence-electron chi connectivity index (χ0n) is 7.97. The van der Waals surface area contributed by atoms with Crippen molar-refractivity contribution in [2.24, 2.45) is 23.5 Å². The number of hydrogen-bond donors (Lipinski definition) is 1. The lowest BCUT2D eigenvalue weighted by Gasteiger charge is -2.22. The molecule has 13 heavy (non-hydrogen) atoms. The first-order valence-electron chi connectivity index (χ1n) is 5.10. The molecule has 0 radical (unpaired) electrons. The largest absolute Gasteiger partial charge is 0.323 e. The summed E-state index contributed by atoms with van der Waals surface area (Å²) in [5.41, 5.74) is 5.44. The van der Waals surface area contributed by atoms with Gasteiger partial charge in [-0.2, -0.15) is 0 Å². The predicted octanol–water partition coefficient (Wildman–Crippen LogP) is 2.41. The van der Waals surface area contributed by atoms with Crippen LogP contribution in [0.1, 0.15) is 32.6 Å². The Morgan fingerprint density at radius 1 is 1.31 bits per heavy atom. The summed E-state index contributed by atoms with van der Waals surface area (Å²) >= 11 is 0. The van der Waals surface area contributed by atoms with E-state index in [9.17, 15) is 8.78 Å². The van der Waals surface area contributed by atoms with Gasteiger partial charge in [0.05, 0.1) is 6.04 Å². The van der Waals surface area contributed by atoms with Crippen molar-refractivity contribution in [1.29, 1.82) is 0 Å². The lowest BCUT2D eigenvalue weighted by atomic mass is 9.93. The highest BCUT2D eigenvalue weighted by Gasteiger charge is 2.47. The minimum atomic E-state index is -2.70. The van der Waals surface area contributed by atoms with E-state index in [2.05, 4.69) is 0 Å². The van der Waals surface area contributed by atoms with Gasteiger partial charge in [0.1, 0.15) is 0 Å². The zero-order chi connectivity index (χ0) is 9.64. The van der Waals surface area contributed by atoms with Gasteiger partial charge in [-0.15, -0.1) is 0 Å². The topological polar surface area (TPSA) is 26.0 Å². The fourth-order valence-corrected chi connectivity index (χ4v) is 2.60. The van der Waals surface area contributed by atoms with E-state index in [4.69, 9.17) is 5.73 Å². The van der Waals surface area contributed by atoms with Crippen LogP contribution in [0, 0.1) is 17.8 Å². The third kappa shape index (κ3) is 2.01. The molecular formula is C10H17F2N. The highest BCUT2D eigenvalue weighted by Crippen LogP contribution is 2.55. The number of fused-ring (bicyclic) bond motifs is 1. The molecule has 2 saturated carbocycles. The third-order valence-corrected chi connectivity index (χ3v) is 3.58. The molecule has 0 aliphatic heterocycles. The normalized spacial score (nSPS) is 40.2. The molecule has 1 nitrogen and oxygen atoms in total. The molecule has 2 aliphatic carbocycles. The monoisotopic (exact) mass is 189 g/mol. The fraction of sp³-hybridized carbons (Fsp3) is 1.00. The van der Waals surface area contributed by atoms with Crippen LogP contribution >= 0.6 is 0 Å². The Balaban J connectivity index is 1.78. The molecule has 0 amide bonds. The van der Waals surface area contributed by atoms with E-state index in [-0.39, 0.29) is 0 Å². The Morgan fingerprint density at radius 3 is 2.31 bits per heavy atom. The zero-order valence-corrected chi connectivity index (χ0v) is 7.97. The van der Waals surface area contributed by atoms with Gasteiger partial charge in [0.15, 0.2) is 0 Å². The van der Waals surface area contributed by atoms with Gasteiger partial charge in [-0.25, -0.2) is 8.78 Å². The Bertz CT molecular complexity index is 190. The second-order valence-corrected chi connectivity index (χ2v) is 4.89. The van der Waals surface area contributed by atoms with Crippen LogP contribution in [0.2, 0.25) is 0 Å². The van der Waals surface area contributed by atoms with Gasteiger partial charge in [-0.05, 0) is 43.4 Å². The average molecular weight is 189 g/mol. The summed E-state index contributed by atoms with van der Waals surface area (Å²) in [4.78, 5) is 0. The maximum Gasteiger partial charge on any atom is 0.260 e. The van der Waals surface area contributed by atoms with Gasteiger partial charge in [-0.3, -0.25) is 0 Å². The Hall–Kier alpha value is -0.180. The van der Waals surface area contributed by atoms with Crippen molar-refractivity contribution in [3.05, 3.63) is 0 Å². The number of hydrogen-bond acceptors (Lipinski definition) is 1. The molecule has 2 aliphatic rings. The van der Waals surface area contributed by atoms with Crippen molar-refractivity contribution in [2.75, 3.05) is 0 Å². The standard InChI is InChI=1S/C10H17F2N/c1-10(11,12)9(13)4-6-2-7-5-8(7)3-6/h6-9H,2-5,13H2,1H3. The SMILES string of the molecule is CC(F)(F)C(N)CC1CC2CC2C1. The summed E-state index contributed by atoms with van der Waals surface area (Å²) in [6, 6.07) is -0.935. The molecule has 0 spiro atoms. The molecule has 0 bridgehead atoms. The van der Waals surface area contributed by atoms with Gasteiger partial charge >= 0.3 is 0 Å². The van der Waals surface area contributed by atoms with Crippen LogP contribution in [0.25, 0.3) is 0 Å². The molecule has 0 aromatic carbocycles. The Labute approximate surface area is 77.7 Å². The first kappa shape index (κ1) is 9.38. The number of halogens is 2. The summed E-state index contributed by atoms with van der Waals surface area (Å²) in [6.45, 7) is 0.924. The van der Waals surface area contributed by atoms with Crippen molar-refractivity contribution in [3.63, 3.8) is 0 Å². The van der Waals surface area contributed by atoms with E-state index in [0.29, 0.717) is 12.3 Å². The van der Waals surface area contributed by atoms with E-state index in [1.54, 1.807) is 0 Å². The molecule has 76 valence electrons. The summed E-state index contributed by atoms with van der Waals surface area (Å²) < 4.78 is 25.5. The molecule has 0 heterocycles. The smallest absolute Gasteiger partial charge is 0.260 e. The average Bonchev–Trinajstić information content (AvgIpc) is 2.57. The second-order valence-electron chi connectivity index (χ2n) is 4.89. The molecule has 2 N–H and O–H groups in total. The molecule has 0 aromatic heterocycles. The minimum absolute atomic E-state index is 0.476. The highest BCUT2D eigenvalue weighted by molar-refractivity contribution is 4.97. The molecule has 3 heteroatoms. The molecule has 0 aromatic rings. The maximum atomic E-state index is 12.8. The van der Waals surface area contributed by atoms with Crippen molar-refractivity contribution in [1.82, 2.24) is 0 Å². The number of nitrogens with two attached hydrogens (primary N) is 1. The van der Waals surface area contributed by atoms with E-state index in [1.165, 1.54) is 6.42 Å². The van der Waals surface area contributed by atoms with E-state index >= 15 is 0 Å². The first-order chi connectivity index (χ1) is 5.97. The van der Waals surface area contributed by atoms with Crippen LogP contribution in [0.4, 0.5) is 8.78 Å². The van der Waals surface area contributed by atoms with E-state index < -0.39 is 12.0 Å². The lowest BCUT2D eigenvalue weighted by molar-refractivity contribution is -0.0129. The van der Waals surface area contributed by atoms with Crippen LogP contribution in [0.3, 0.4) is 0 Å². The minimum Gasteiger partial charge on any atom is -0.323 e. The quantitative estimate of drug-likeness (QED) is 0.724. The van der Waals surface area contributed by atoms with E-state index in [1.807, 2.05) is 0 Å². The van der Waals surface area contributed by atoms with Crippen molar-refractivity contribution in [2.45, 2.75) is 44.6 Å². The summed E-state index contributed by atoms with van der Waals surface area (Å²) in [6.07, 6.45) is 4.15.